The Balaban J connectivity index is 1.82. The van der Waals surface area contributed by atoms with E-state index in [1.807, 2.05) is 6.07 Å². The standard InChI is InChI=1S/C15H22FN/c1-12(14-8-5-9-15(16)10-14)17-11-13-6-3-2-4-7-13/h5,8-10,12-13,17H,2-4,6-7,11H2,1H3/t12-/m1/s1. The van der Waals surface area contributed by atoms with Gasteiger partial charge in [-0.3, -0.25) is 0 Å². The molecule has 0 unspecified atom stereocenters. The first-order valence-electron chi connectivity index (χ1n) is 6.74. The minimum Gasteiger partial charge on any atom is -0.310 e. The van der Waals surface area contributed by atoms with Crippen molar-refractivity contribution >= 4 is 0 Å². The van der Waals surface area contributed by atoms with E-state index >= 15 is 0 Å². The molecule has 0 amide bonds. The molecule has 1 aliphatic rings. The monoisotopic (exact) mass is 235 g/mol. The molecule has 1 aliphatic carbocycles. The van der Waals surface area contributed by atoms with E-state index in [9.17, 15) is 4.39 Å². The molecule has 0 bridgehead atoms. The number of nitrogens with one attached hydrogen (secondary N) is 1. The number of rotatable bonds is 4. The summed E-state index contributed by atoms with van der Waals surface area (Å²) < 4.78 is 13.1. The van der Waals surface area contributed by atoms with Crippen LogP contribution in [-0.4, -0.2) is 6.54 Å². The maximum absolute atomic E-state index is 13.1. The molecular formula is C15H22FN. The van der Waals surface area contributed by atoms with Gasteiger partial charge >= 0.3 is 0 Å². The number of halogens is 1. The molecule has 0 aromatic heterocycles. The minimum atomic E-state index is -0.145. The van der Waals surface area contributed by atoms with Crippen LogP contribution in [0, 0.1) is 11.7 Å². The molecule has 1 aromatic carbocycles. The summed E-state index contributed by atoms with van der Waals surface area (Å²) >= 11 is 0. The van der Waals surface area contributed by atoms with Crippen molar-refractivity contribution in [3.8, 4) is 0 Å². The molecule has 0 saturated heterocycles. The van der Waals surface area contributed by atoms with Gasteiger partial charge in [0.2, 0.25) is 0 Å². The first-order chi connectivity index (χ1) is 8.25. The molecule has 1 aromatic rings. The molecule has 1 saturated carbocycles. The summed E-state index contributed by atoms with van der Waals surface area (Å²) in [5.74, 6) is 0.675. The molecule has 1 nitrogen and oxygen atoms in total. The lowest BCUT2D eigenvalue weighted by Crippen LogP contribution is -2.27. The van der Waals surface area contributed by atoms with Crippen LogP contribution >= 0.6 is 0 Å². The lowest BCUT2D eigenvalue weighted by atomic mass is 9.89. The third-order valence-electron chi connectivity index (χ3n) is 3.79. The Morgan fingerprint density at radius 3 is 2.76 bits per heavy atom. The predicted molar refractivity (Wildman–Crippen MR) is 69.4 cm³/mol. The molecule has 2 heteroatoms. The van der Waals surface area contributed by atoms with Gasteiger partial charge in [0, 0.05) is 6.04 Å². The third kappa shape index (κ3) is 3.81. The maximum atomic E-state index is 13.1. The highest BCUT2D eigenvalue weighted by Gasteiger charge is 2.14. The predicted octanol–water partition coefficient (Wildman–Crippen LogP) is 4.06. The van der Waals surface area contributed by atoms with Gasteiger partial charge in [0.15, 0.2) is 0 Å². The fraction of sp³-hybridized carbons (Fsp3) is 0.600. The van der Waals surface area contributed by atoms with Crippen molar-refractivity contribution in [1.29, 1.82) is 0 Å². The van der Waals surface area contributed by atoms with Crippen molar-refractivity contribution in [2.75, 3.05) is 6.54 Å². The first kappa shape index (κ1) is 12.6. The van der Waals surface area contributed by atoms with Gasteiger partial charge < -0.3 is 5.32 Å². The van der Waals surface area contributed by atoms with Crippen molar-refractivity contribution in [3.63, 3.8) is 0 Å². The van der Waals surface area contributed by atoms with Gasteiger partial charge in [-0.2, -0.15) is 0 Å². The Bertz CT molecular complexity index is 345. The van der Waals surface area contributed by atoms with Crippen molar-refractivity contribution in [2.24, 2.45) is 5.92 Å². The van der Waals surface area contributed by atoms with Crippen LogP contribution in [0.2, 0.25) is 0 Å². The molecule has 1 atom stereocenters. The Kier molecular flexibility index (Phi) is 4.55. The lowest BCUT2D eigenvalue weighted by molar-refractivity contribution is 0.331. The van der Waals surface area contributed by atoms with Crippen LogP contribution in [-0.2, 0) is 0 Å². The van der Waals surface area contributed by atoms with Crippen molar-refractivity contribution in [1.82, 2.24) is 5.32 Å². The summed E-state index contributed by atoms with van der Waals surface area (Å²) in [6.45, 7) is 3.18. The quantitative estimate of drug-likeness (QED) is 0.830. The second-order valence-corrected chi connectivity index (χ2v) is 5.19. The Labute approximate surface area is 103 Å². The van der Waals surface area contributed by atoms with E-state index in [0.29, 0.717) is 0 Å². The summed E-state index contributed by atoms with van der Waals surface area (Å²) in [4.78, 5) is 0. The molecule has 1 fully saturated rings. The summed E-state index contributed by atoms with van der Waals surface area (Å²) in [5.41, 5.74) is 1.04. The van der Waals surface area contributed by atoms with E-state index in [1.165, 1.54) is 38.2 Å². The van der Waals surface area contributed by atoms with Crippen LogP contribution < -0.4 is 5.32 Å². The smallest absolute Gasteiger partial charge is 0.123 e. The molecule has 2 rings (SSSR count). The van der Waals surface area contributed by atoms with Gasteiger partial charge in [-0.25, -0.2) is 4.39 Å². The molecule has 0 aliphatic heterocycles. The third-order valence-corrected chi connectivity index (χ3v) is 3.79. The zero-order valence-electron chi connectivity index (χ0n) is 10.6. The van der Waals surface area contributed by atoms with E-state index in [1.54, 1.807) is 12.1 Å². The number of hydrogen-bond donors (Lipinski definition) is 1. The van der Waals surface area contributed by atoms with Crippen LogP contribution in [0.4, 0.5) is 4.39 Å². The highest BCUT2D eigenvalue weighted by molar-refractivity contribution is 5.19. The van der Waals surface area contributed by atoms with Crippen molar-refractivity contribution < 1.29 is 4.39 Å². The van der Waals surface area contributed by atoms with Gasteiger partial charge in [-0.1, -0.05) is 31.4 Å². The zero-order valence-corrected chi connectivity index (χ0v) is 10.6. The first-order valence-corrected chi connectivity index (χ1v) is 6.74. The highest BCUT2D eigenvalue weighted by atomic mass is 19.1. The minimum absolute atomic E-state index is 0.145. The topological polar surface area (TPSA) is 12.0 Å². The normalized spacial score (nSPS) is 19.2. The maximum Gasteiger partial charge on any atom is 0.123 e. The van der Waals surface area contributed by atoms with Gasteiger partial charge in [0.25, 0.3) is 0 Å². The molecule has 0 heterocycles. The van der Waals surface area contributed by atoms with Crippen LogP contribution in [0.1, 0.15) is 50.6 Å². The van der Waals surface area contributed by atoms with Gasteiger partial charge in [0.1, 0.15) is 5.82 Å². The van der Waals surface area contributed by atoms with E-state index < -0.39 is 0 Å². The molecule has 0 spiro atoms. The average Bonchev–Trinajstić information content (AvgIpc) is 2.37. The highest BCUT2D eigenvalue weighted by Crippen LogP contribution is 2.23. The number of benzene rings is 1. The van der Waals surface area contributed by atoms with Crippen molar-refractivity contribution in [2.45, 2.75) is 45.1 Å². The largest absolute Gasteiger partial charge is 0.310 e. The fourth-order valence-corrected chi connectivity index (χ4v) is 2.63. The Morgan fingerprint density at radius 1 is 1.29 bits per heavy atom. The van der Waals surface area contributed by atoms with E-state index in [4.69, 9.17) is 0 Å². The van der Waals surface area contributed by atoms with E-state index in [0.717, 1.165) is 18.0 Å². The second kappa shape index (κ2) is 6.15. The molecule has 1 N–H and O–H groups in total. The van der Waals surface area contributed by atoms with Gasteiger partial charge in [-0.15, -0.1) is 0 Å². The SMILES string of the molecule is C[C@@H](NCC1CCCCC1)c1cccc(F)c1. The van der Waals surface area contributed by atoms with Crippen LogP contribution in [0.25, 0.3) is 0 Å². The summed E-state index contributed by atoms with van der Waals surface area (Å²) in [5, 5.41) is 3.53. The van der Waals surface area contributed by atoms with Crippen LogP contribution in [0.15, 0.2) is 24.3 Å². The summed E-state index contributed by atoms with van der Waals surface area (Å²) in [6, 6.07) is 7.13. The van der Waals surface area contributed by atoms with Crippen LogP contribution in [0.3, 0.4) is 0 Å². The lowest BCUT2D eigenvalue weighted by Gasteiger charge is -2.24. The van der Waals surface area contributed by atoms with Gasteiger partial charge in [0.05, 0.1) is 0 Å². The average molecular weight is 235 g/mol. The summed E-state index contributed by atoms with van der Waals surface area (Å²) in [7, 11) is 0. The zero-order chi connectivity index (χ0) is 12.1. The summed E-state index contributed by atoms with van der Waals surface area (Å²) in [6.07, 6.45) is 6.85. The second-order valence-electron chi connectivity index (χ2n) is 5.19. The Hall–Kier alpha value is -0.890. The van der Waals surface area contributed by atoms with Crippen molar-refractivity contribution in [3.05, 3.63) is 35.6 Å². The van der Waals surface area contributed by atoms with E-state index in [2.05, 4.69) is 12.2 Å². The molecule has 94 valence electrons. The molecule has 0 radical (unpaired) electrons. The van der Waals surface area contributed by atoms with Gasteiger partial charge in [-0.05, 0) is 49.9 Å². The molecule has 17 heavy (non-hydrogen) atoms. The molecular weight excluding hydrogens is 213 g/mol. The van der Waals surface area contributed by atoms with Crippen LogP contribution in [0.5, 0.6) is 0 Å². The fourth-order valence-electron chi connectivity index (χ4n) is 2.63. The van der Waals surface area contributed by atoms with E-state index in [-0.39, 0.29) is 11.9 Å². The Morgan fingerprint density at radius 2 is 2.06 bits per heavy atom. The number of hydrogen-bond acceptors (Lipinski definition) is 1.